The lowest BCUT2D eigenvalue weighted by Gasteiger charge is -2.09. The predicted molar refractivity (Wildman–Crippen MR) is 75.1 cm³/mol. The molecule has 0 bridgehead atoms. The SMILES string of the molecule is CCNCc1ncc(-c2cccc(OC(C)C)c2)o1. The molecule has 0 aliphatic carbocycles. The minimum Gasteiger partial charge on any atom is -0.491 e. The second kappa shape index (κ2) is 6.38. The lowest BCUT2D eigenvalue weighted by molar-refractivity contribution is 0.242. The molecular formula is C15H20N2O2. The van der Waals surface area contributed by atoms with Crippen LogP contribution >= 0.6 is 0 Å². The molecule has 1 heterocycles. The van der Waals surface area contributed by atoms with Crippen molar-refractivity contribution in [3.05, 3.63) is 36.4 Å². The Morgan fingerprint density at radius 3 is 2.95 bits per heavy atom. The Morgan fingerprint density at radius 1 is 1.37 bits per heavy atom. The van der Waals surface area contributed by atoms with Crippen molar-refractivity contribution in [2.45, 2.75) is 33.4 Å². The molecule has 1 aromatic heterocycles. The van der Waals surface area contributed by atoms with E-state index in [1.165, 1.54) is 0 Å². The van der Waals surface area contributed by atoms with Crippen LogP contribution in [0.4, 0.5) is 0 Å². The highest BCUT2D eigenvalue weighted by atomic mass is 16.5. The van der Waals surface area contributed by atoms with Crippen molar-refractivity contribution in [2.75, 3.05) is 6.54 Å². The first-order valence-corrected chi connectivity index (χ1v) is 6.61. The maximum Gasteiger partial charge on any atom is 0.208 e. The van der Waals surface area contributed by atoms with Crippen LogP contribution in [0.1, 0.15) is 26.7 Å². The topological polar surface area (TPSA) is 47.3 Å². The Labute approximate surface area is 113 Å². The minimum atomic E-state index is 0.161. The molecule has 0 amide bonds. The van der Waals surface area contributed by atoms with Gasteiger partial charge in [-0.1, -0.05) is 19.1 Å². The molecule has 19 heavy (non-hydrogen) atoms. The van der Waals surface area contributed by atoms with Crippen molar-refractivity contribution in [2.24, 2.45) is 0 Å². The molecule has 0 fully saturated rings. The molecule has 0 radical (unpaired) electrons. The van der Waals surface area contributed by atoms with E-state index < -0.39 is 0 Å². The van der Waals surface area contributed by atoms with Gasteiger partial charge in [-0.25, -0.2) is 4.98 Å². The van der Waals surface area contributed by atoms with Crippen molar-refractivity contribution < 1.29 is 9.15 Å². The highest BCUT2D eigenvalue weighted by molar-refractivity contribution is 5.58. The Morgan fingerprint density at radius 2 is 2.21 bits per heavy atom. The van der Waals surface area contributed by atoms with Crippen LogP contribution in [0, 0.1) is 0 Å². The van der Waals surface area contributed by atoms with Gasteiger partial charge >= 0.3 is 0 Å². The van der Waals surface area contributed by atoms with Gasteiger partial charge in [-0.3, -0.25) is 0 Å². The number of benzene rings is 1. The first-order chi connectivity index (χ1) is 9.19. The number of aromatic nitrogens is 1. The Bertz CT molecular complexity index is 520. The van der Waals surface area contributed by atoms with Crippen LogP contribution in [-0.2, 0) is 6.54 Å². The van der Waals surface area contributed by atoms with Gasteiger partial charge in [-0.05, 0) is 32.5 Å². The van der Waals surface area contributed by atoms with Crippen molar-refractivity contribution >= 4 is 0 Å². The molecule has 0 unspecified atom stereocenters. The van der Waals surface area contributed by atoms with Crippen LogP contribution in [0.2, 0.25) is 0 Å². The second-order valence-corrected chi connectivity index (χ2v) is 4.59. The Balaban J connectivity index is 2.14. The first-order valence-electron chi connectivity index (χ1n) is 6.61. The fourth-order valence-corrected chi connectivity index (χ4v) is 1.75. The molecule has 0 spiro atoms. The summed E-state index contributed by atoms with van der Waals surface area (Å²) in [5.74, 6) is 2.31. The highest BCUT2D eigenvalue weighted by Gasteiger charge is 2.07. The molecule has 1 aromatic carbocycles. The van der Waals surface area contributed by atoms with Gasteiger partial charge in [0, 0.05) is 5.56 Å². The average molecular weight is 260 g/mol. The zero-order valence-electron chi connectivity index (χ0n) is 11.6. The van der Waals surface area contributed by atoms with E-state index in [0.29, 0.717) is 12.4 Å². The molecule has 2 aromatic rings. The van der Waals surface area contributed by atoms with Gasteiger partial charge in [-0.2, -0.15) is 0 Å². The molecule has 0 aliphatic rings. The smallest absolute Gasteiger partial charge is 0.208 e. The predicted octanol–water partition coefficient (Wildman–Crippen LogP) is 3.24. The summed E-state index contributed by atoms with van der Waals surface area (Å²) < 4.78 is 11.4. The van der Waals surface area contributed by atoms with Crippen LogP contribution in [0.5, 0.6) is 5.75 Å². The van der Waals surface area contributed by atoms with E-state index in [1.54, 1.807) is 6.20 Å². The standard InChI is InChI=1S/C15H20N2O2/c1-4-16-10-15-17-9-14(19-15)12-6-5-7-13(8-12)18-11(2)3/h5-9,11,16H,4,10H2,1-3H3. The fraction of sp³-hybridized carbons (Fsp3) is 0.400. The number of hydrogen-bond donors (Lipinski definition) is 1. The van der Waals surface area contributed by atoms with Crippen LogP contribution in [0.25, 0.3) is 11.3 Å². The average Bonchev–Trinajstić information content (AvgIpc) is 2.84. The monoisotopic (exact) mass is 260 g/mol. The number of nitrogens with one attached hydrogen (secondary N) is 1. The second-order valence-electron chi connectivity index (χ2n) is 4.59. The number of nitrogens with zero attached hydrogens (tertiary/aromatic N) is 1. The highest BCUT2D eigenvalue weighted by Crippen LogP contribution is 2.25. The summed E-state index contributed by atoms with van der Waals surface area (Å²) in [5.41, 5.74) is 0.980. The summed E-state index contributed by atoms with van der Waals surface area (Å²) >= 11 is 0. The first kappa shape index (κ1) is 13.6. The van der Waals surface area contributed by atoms with Gasteiger partial charge in [-0.15, -0.1) is 0 Å². The molecule has 0 saturated heterocycles. The molecule has 2 rings (SSSR count). The van der Waals surface area contributed by atoms with Crippen molar-refractivity contribution in [1.29, 1.82) is 0 Å². The quantitative estimate of drug-likeness (QED) is 0.866. The summed E-state index contributed by atoms with van der Waals surface area (Å²) in [7, 11) is 0. The molecule has 0 aliphatic heterocycles. The normalized spacial score (nSPS) is 10.9. The zero-order valence-corrected chi connectivity index (χ0v) is 11.6. The van der Waals surface area contributed by atoms with Crippen LogP contribution in [-0.4, -0.2) is 17.6 Å². The maximum atomic E-state index is 5.70. The van der Waals surface area contributed by atoms with E-state index in [4.69, 9.17) is 9.15 Å². The van der Waals surface area contributed by atoms with E-state index >= 15 is 0 Å². The molecular weight excluding hydrogens is 240 g/mol. The zero-order chi connectivity index (χ0) is 13.7. The third-order valence-electron chi connectivity index (χ3n) is 2.57. The third-order valence-corrected chi connectivity index (χ3v) is 2.57. The lowest BCUT2D eigenvalue weighted by Crippen LogP contribution is -2.11. The van der Waals surface area contributed by atoms with E-state index in [-0.39, 0.29) is 6.10 Å². The number of ether oxygens (including phenoxy) is 1. The number of hydrogen-bond acceptors (Lipinski definition) is 4. The van der Waals surface area contributed by atoms with Crippen molar-refractivity contribution in [3.63, 3.8) is 0 Å². The van der Waals surface area contributed by atoms with Gasteiger partial charge in [0.15, 0.2) is 5.76 Å². The van der Waals surface area contributed by atoms with Crippen LogP contribution in [0.3, 0.4) is 0 Å². The van der Waals surface area contributed by atoms with Gasteiger partial charge in [0.1, 0.15) is 5.75 Å². The largest absolute Gasteiger partial charge is 0.491 e. The fourth-order valence-electron chi connectivity index (χ4n) is 1.75. The minimum absolute atomic E-state index is 0.161. The van der Waals surface area contributed by atoms with Gasteiger partial charge in [0.05, 0.1) is 18.8 Å². The lowest BCUT2D eigenvalue weighted by atomic mass is 10.2. The third kappa shape index (κ3) is 3.83. The molecule has 4 heteroatoms. The summed E-state index contributed by atoms with van der Waals surface area (Å²) in [6, 6.07) is 7.86. The van der Waals surface area contributed by atoms with Crippen molar-refractivity contribution in [1.82, 2.24) is 10.3 Å². The molecule has 1 N–H and O–H groups in total. The van der Waals surface area contributed by atoms with E-state index in [9.17, 15) is 0 Å². The molecule has 0 saturated carbocycles. The summed E-state index contributed by atoms with van der Waals surface area (Å²) in [6.07, 6.45) is 1.91. The van der Waals surface area contributed by atoms with E-state index in [1.807, 2.05) is 38.1 Å². The Hall–Kier alpha value is -1.81. The van der Waals surface area contributed by atoms with Gasteiger partial charge in [0.2, 0.25) is 5.89 Å². The maximum absolute atomic E-state index is 5.70. The van der Waals surface area contributed by atoms with Gasteiger partial charge < -0.3 is 14.5 Å². The summed E-state index contributed by atoms with van der Waals surface area (Å²) in [4.78, 5) is 4.25. The summed E-state index contributed by atoms with van der Waals surface area (Å²) in [5, 5.41) is 3.19. The molecule has 4 nitrogen and oxygen atoms in total. The number of rotatable bonds is 6. The summed E-state index contributed by atoms with van der Waals surface area (Å²) in [6.45, 7) is 7.62. The van der Waals surface area contributed by atoms with Crippen LogP contribution < -0.4 is 10.1 Å². The van der Waals surface area contributed by atoms with E-state index in [0.717, 1.165) is 23.6 Å². The molecule has 0 atom stereocenters. The van der Waals surface area contributed by atoms with Gasteiger partial charge in [0.25, 0.3) is 0 Å². The van der Waals surface area contributed by atoms with E-state index in [2.05, 4.69) is 17.2 Å². The molecule has 102 valence electrons. The Kier molecular flexibility index (Phi) is 4.58. The number of oxazole rings is 1. The van der Waals surface area contributed by atoms with Crippen molar-refractivity contribution in [3.8, 4) is 17.1 Å². The van der Waals surface area contributed by atoms with Crippen LogP contribution in [0.15, 0.2) is 34.9 Å².